The van der Waals surface area contributed by atoms with Gasteiger partial charge in [-0.25, -0.2) is 4.98 Å². The Labute approximate surface area is 120 Å². The lowest BCUT2D eigenvalue weighted by atomic mass is 10.2. The van der Waals surface area contributed by atoms with E-state index in [1.165, 1.54) is 0 Å². The van der Waals surface area contributed by atoms with Crippen molar-refractivity contribution in [2.24, 2.45) is 0 Å². The molecule has 0 bridgehead atoms. The largest absolute Gasteiger partial charge is 0.477 e. The van der Waals surface area contributed by atoms with E-state index in [1.807, 2.05) is 19.1 Å². The quantitative estimate of drug-likeness (QED) is 0.928. The topological polar surface area (TPSA) is 47.0 Å². The molecule has 2 rings (SSSR count). The van der Waals surface area contributed by atoms with Crippen LogP contribution in [-0.4, -0.2) is 16.6 Å². The maximum atomic E-state index is 12.8. The molecule has 2 aromatic rings. The van der Waals surface area contributed by atoms with Crippen LogP contribution in [0.25, 0.3) is 0 Å². The van der Waals surface area contributed by atoms with Crippen LogP contribution in [-0.2, 0) is 6.18 Å². The van der Waals surface area contributed by atoms with Gasteiger partial charge in [0.05, 0.1) is 6.61 Å². The lowest BCUT2D eigenvalue weighted by Gasteiger charge is -2.13. The van der Waals surface area contributed by atoms with Gasteiger partial charge in [-0.2, -0.15) is 18.2 Å². The Morgan fingerprint density at radius 1 is 1.19 bits per heavy atom. The molecule has 0 unspecified atom stereocenters. The van der Waals surface area contributed by atoms with Crippen molar-refractivity contribution in [3.8, 4) is 5.88 Å². The van der Waals surface area contributed by atoms with Crippen molar-refractivity contribution >= 4 is 11.6 Å². The maximum Gasteiger partial charge on any atom is 0.423 e. The van der Waals surface area contributed by atoms with Crippen LogP contribution in [0.3, 0.4) is 0 Å². The van der Waals surface area contributed by atoms with Crippen LogP contribution in [0, 0.1) is 6.92 Å². The van der Waals surface area contributed by atoms with Crippen molar-refractivity contribution in [2.75, 3.05) is 11.9 Å². The van der Waals surface area contributed by atoms with Gasteiger partial charge in [0.25, 0.3) is 0 Å². The number of halogens is 3. The van der Waals surface area contributed by atoms with Gasteiger partial charge >= 0.3 is 6.18 Å². The summed E-state index contributed by atoms with van der Waals surface area (Å²) in [5, 5.41) is 2.84. The Hall–Kier alpha value is -2.31. The van der Waals surface area contributed by atoms with E-state index in [4.69, 9.17) is 4.74 Å². The van der Waals surface area contributed by atoms with Crippen LogP contribution in [0.4, 0.5) is 24.8 Å². The number of hydrogen-bond acceptors (Lipinski definition) is 4. The first-order valence-electron chi connectivity index (χ1n) is 6.31. The smallest absolute Gasteiger partial charge is 0.423 e. The number of nitrogens with zero attached hydrogens (tertiary/aromatic N) is 2. The fourth-order valence-electron chi connectivity index (χ4n) is 1.63. The Balaban J connectivity index is 2.29. The van der Waals surface area contributed by atoms with Gasteiger partial charge in [-0.3, -0.25) is 0 Å². The molecule has 0 radical (unpaired) electrons. The van der Waals surface area contributed by atoms with Crippen LogP contribution in [0.5, 0.6) is 5.88 Å². The summed E-state index contributed by atoms with van der Waals surface area (Å²) in [4.78, 5) is 7.47. The molecule has 21 heavy (non-hydrogen) atoms. The molecule has 112 valence electrons. The Bertz CT molecular complexity index is 612. The van der Waals surface area contributed by atoms with Crippen molar-refractivity contribution in [2.45, 2.75) is 20.0 Å². The molecule has 0 aliphatic rings. The number of rotatable bonds is 4. The van der Waals surface area contributed by atoms with E-state index in [-0.39, 0.29) is 12.6 Å². The van der Waals surface area contributed by atoms with Gasteiger partial charge in [-0.05, 0) is 26.0 Å². The number of benzene rings is 1. The number of alkyl halides is 3. The van der Waals surface area contributed by atoms with E-state index in [1.54, 1.807) is 19.1 Å². The molecule has 0 spiro atoms. The van der Waals surface area contributed by atoms with E-state index in [0.717, 1.165) is 5.56 Å². The summed E-state index contributed by atoms with van der Waals surface area (Å²) in [6.45, 7) is 3.62. The van der Waals surface area contributed by atoms with Gasteiger partial charge in [0.1, 0.15) is 5.56 Å². The molecular weight excluding hydrogens is 283 g/mol. The highest BCUT2D eigenvalue weighted by Crippen LogP contribution is 2.35. The normalized spacial score (nSPS) is 11.3. The highest BCUT2D eigenvalue weighted by molar-refractivity contribution is 5.54. The SMILES string of the molecule is CCOc1nc(Nc2ccc(C)cc2)ncc1C(F)(F)F. The van der Waals surface area contributed by atoms with Crippen LogP contribution < -0.4 is 10.1 Å². The third-order valence-electron chi connectivity index (χ3n) is 2.65. The summed E-state index contributed by atoms with van der Waals surface area (Å²) >= 11 is 0. The molecule has 1 aromatic carbocycles. The lowest BCUT2D eigenvalue weighted by Crippen LogP contribution is -2.12. The van der Waals surface area contributed by atoms with Crippen LogP contribution >= 0.6 is 0 Å². The zero-order valence-electron chi connectivity index (χ0n) is 11.5. The predicted molar refractivity (Wildman–Crippen MR) is 72.7 cm³/mol. The third-order valence-corrected chi connectivity index (χ3v) is 2.65. The minimum Gasteiger partial charge on any atom is -0.477 e. The molecule has 1 N–H and O–H groups in total. The molecule has 7 heteroatoms. The maximum absolute atomic E-state index is 12.8. The number of nitrogens with one attached hydrogen (secondary N) is 1. The van der Waals surface area contributed by atoms with Gasteiger partial charge in [0.2, 0.25) is 11.8 Å². The van der Waals surface area contributed by atoms with Crippen LogP contribution in [0.15, 0.2) is 30.5 Å². The van der Waals surface area contributed by atoms with E-state index in [9.17, 15) is 13.2 Å². The van der Waals surface area contributed by atoms with E-state index in [0.29, 0.717) is 11.9 Å². The Morgan fingerprint density at radius 2 is 1.86 bits per heavy atom. The predicted octanol–water partition coefficient (Wildman–Crippen LogP) is 3.95. The molecule has 0 fully saturated rings. The number of anilines is 2. The summed E-state index contributed by atoms with van der Waals surface area (Å²) in [7, 11) is 0. The summed E-state index contributed by atoms with van der Waals surface area (Å²) < 4.78 is 43.3. The molecule has 0 saturated heterocycles. The molecule has 1 heterocycles. The van der Waals surface area contributed by atoms with E-state index in [2.05, 4.69) is 15.3 Å². The molecule has 0 saturated carbocycles. The standard InChI is InChI=1S/C14H14F3N3O/c1-3-21-12-11(14(15,16)17)8-18-13(20-12)19-10-6-4-9(2)5-7-10/h4-8H,3H2,1-2H3,(H,18,19,20). The minimum atomic E-state index is -4.55. The second-order valence-electron chi connectivity index (χ2n) is 4.33. The zero-order valence-corrected chi connectivity index (χ0v) is 11.5. The number of aryl methyl sites for hydroxylation is 1. The van der Waals surface area contributed by atoms with Crippen molar-refractivity contribution in [1.82, 2.24) is 9.97 Å². The average Bonchev–Trinajstić information content (AvgIpc) is 2.41. The first-order chi connectivity index (χ1) is 9.90. The number of ether oxygens (including phenoxy) is 1. The van der Waals surface area contributed by atoms with Crippen molar-refractivity contribution < 1.29 is 17.9 Å². The first kappa shape index (κ1) is 15.1. The van der Waals surface area contributed by atoms with Crippen LogP contribution in [0.1, 0.15) is 18.1 Å². The first-order valence-corrected chi connectivity index (χ1v) is 6.31. The fraction of sp³-hybridized carbons (Fsp3) is 0.286. The summed E-state index contributed by atoms with van der Waals surface area (Å²) in [6.07, 6.45) is -3.83. The molecular formula is C14H14F3N3O. The molecule has 4 nitrogen and oxygen atoms in total. The number of hydrogen-bond donors (Lipinski definition) is 1. The van der Waals surface area contributed by atoms with E-state index >= 15 is 0 Å². The van der Waals surface area contributed by atoms with Crippen molar-refractivity contribution in [1.29, 1.82) is 0 Å². The number of aromatic nitrogens is 2. The molecule has 1 aromatic heterocycles. The Kier molecular flexibility index (Phi) is 4.30. The van der Waals surface area contributed by atoms with E-state index < -0.39 is 17.6 Å². The van der Waals surface area contributed by atoms with Gasteiger partial charge in [0, 0.05) is 11.9 Å². The molecule has 0 atom stereocenters. The summed E-state index contributed by atoms with van der Waals surface area (Å²) in [5.41, 5.74) is 0.769. The van der Waals surface area contributed by atoms with Gasteiger partial charge in [-0.1, -0.05) is 17.7 Å². The third kappa shape index (κ3) is 3.84. The van der Waals surface area contributed by atoms with Gasteiger partial charge in [-0.15, -0.1) is 0 Å². The fourth-order valence-corrected chi connectivity index (χ4v) is 1.63. The minimum absolute atomic E-state index is 0.0512. The summed E-state index contributed by atoms with van der Waals surface area (Å²) in [6, 6.07) is 7.32. The van der Waals surface area contributed by atoms with Gasteiger partial charge < -0.3 is 10.1 Å². The highest BCUT2D eigenvalue weighted by atomic mass is 19.4. The molecule has 0 aliphatic carbocycles. The summed E-state index contributed by atoms with van der Waals surface area (Å²) in [5.74, 6) is -0.426. The Morgan fingerprint density at radius 3 is 2.43 bits per heavy atom. The second kappa shape index (κ2) is 5.99. The van der Waals surface area contributed by atoms with Crippen molar-refractivity contribution in [3.63, 3.8) is 0 Å². The monoisotopic (exact) mass is 297 g/mol. The highest BCUT2D eigenvalue weighted by Gasteiger charge is 2.36. The lowest BCUT2D eigenvalue weighted by molar-refractivity contribution is -0.139. The van der Waals surface area contributed by atoms with Crippen LogP contribution in [0.2, 0.25) is 0 Å². The second-order valence-corrected chi connectivity index (χ2v) is 4.33. The zero-order chi connectivity index (χ0) is 15.5. The average molecular weight is 297 g/mol. The molecule has 0 amide bonds. The molecule has 0 aliphatic heterocycles. The van der Waals surface area contributed by atoms with Crippen molar-refractivity contribution in [3.05, 3.63) is 41.6 Å². The van der Waals surface area contributed by atoms with Gasteiger partial charge in [0.15, 0.2) is 0 Å².